The first-order chi connectivity index (χ1) is 17.9. The van der Waals surface area contributed by atoms with Gasteiger partial charge in [-0.2, -0.15) is 0 Å². The van der Waals surface area contributed by atoms with E-state index in [1.165, 1.54) is 6.20 Å². The molecule has 37 heavy (non-hydrogen) atoms. The van der Waals surface area contributed by atoms with E-state index in [1.54, 1.807) is 31.3 Å². The van der Waals surface area contributed by atoms with Crippen molar-refractivity contribution < 1.29 is 24.2 Å². The zero-order valence-electron chi connectivity index (χ0n) is 21.1. The molecular formula is C28H32N4O5. The van der Waals surface area contributed by atoms with Crippen LogP contribution < -0.4 is 19.7 Å². The van der Waals surface area contributed by atoms with E-state index < -0.39 is 5.97 Å². The van der Waals surface area contributed by atoms with Crippen LogP contribution in [-0.4, -0.2) is 52.8 Å². The largest absolute Gasteiger partial charge is 0.490 e. The lowest BCUT2D eigenvalue weighted by molar-refractivity contribution is -0.116. The number of para-hydroxylation sites is 2. The van der Waals surface area contributed by atoms with E-state index in [9.17, 15) is 14.7 Å². The van der Waals surface area contributed by atoms with Gasteiger partial charge in [-0.25, -0.2) is 9.78 Å². The third kappa shape index (κ3) is 6.97. The average molecular weight is 505 g/mol. The summed E-state index contributed by atoms with van der Waals surface area (Å²) in [5.41, 5.74) is 1.85. The molecule has 1 saturated heterocycles. The van der Waals surface area contributed by atoms with Crippen molar-refractivity contribution in [3.05, 3.63) is 71.5 Å². The number of nitrogens with one attached hydrogen (secondary N) is 1. The summed E-state index contributed by atoms with van der Waals surface area (Å²) in [5, 5.41) is 12.0. The van der Waals surface area contributed by atoms with Crippen LogP contribution in [0.3, 0.4) is 0 Å². The number of rotatable bonds is 10. The fraction of sp³-hybridized carbons (Fsp3) is 0.357. The molecule has 2 heterocycles. The van der Waals surface area contributed by atoms with Crippen LogP contribution in [0, 0.1) is 6.92 Å². The van der Waals surface area contributed by atoms with E-state index in [-0.39, 0.29) is 24.0 Å². The number of aromatic nitrogens is 2. The van der Waals surface area contributed by atoms with E-state index in [4.69, 9.17) is 9.47 Å². The van der Waals surface area contributed by atoms with Gasteiger partial charge in [0.15, 0.2) is 17.3 Å². The first-order valence-electron chi connectivity index (χ1n) is 12.5. The third-order valence-corrected chi connectivity index (χ3v) is 6.20. The number of aryl methyl sites for hydroxylation is 2. The van der Waals surface area contributed by atoms with Crippen LogP contribution in [-0.2, 0) is 11.2 Å². The molecule has 1 atom stereocenters. The number of hydrogen-bond donors (Lipinski definition) is 2. The molecule has 0 aliphatic carbocycles. The number of anilines is 2. The highest BCUT2D eigenvalue weighted by Gasteiger charge is 2.24. The van der Waals surface area contributed by atoms with Crippen LogP contribution in [0.2, 0.25) is 0 Å². The molecule has 194 valence electrons. The maximum absolute atomic E-state index is 12.6. The summed E-state index contributed by atoms with van der Waals surface area (Å²) in [5.74, 6) is 1.41. The summed E-state index contributed by atoms with van der Waals surface area (Å²) >= 11 is 0. The number of aromatic carboxylic acids is 1. The van der Waals surface area contributed by atoms with Crippen LogP contribution in [0.1, 0.15) is 47.7 Å². The second-order valence-electron chi connectivity index (χ2n) is 8.97. The summed E-state index contributed by atoms with van der Waals surface area (Å²) in [6, 6.07) is 12.8. The van der Waals surface area contributed by atoms with Gasteiger partial charge in [-0.15, -0.1) is 0 Å². The number of carbonyl (C=O) groups is 2. The molecule has 0 bridgehead atoms. The van der Waals surface area contributed by atoms with Crippen molar-refractivity contribution in [3.8, 4) is 11.5 Å². The minimum absolute atomic E-state index is 0.0219. The van der Waals surface area contributed by atoms with E-state index in [2.05, 4.69) is 20.2 Å². The second kappa shape index (κ2) is 12.2. The molecule has 1 aromatic heterocycles. The molecule has 1 fully saturated rings. The summed E-state index contributed by atoms with van der Waals surface area (Å²) in [6.07, 6.45) is 5.81. The second-order valence-corrected chi connectivity index (χ2v) is 8.97. The van der Waals surface area contributed by atoms with E-state index in [0.717, 1.165) is 36.4 Å². The molecule has 1 unspecified atom stereocenters. The van der Waals surface area contributed by atoms with Crippen LogP contribution in [0.5, 0.6) is 11.5 Å². The Balaban J connectivity index is 1.34. The molecular weight excluding hydrogens is 472 g/mol. The highest BCUT2D eigenvalue weighted by molar-refractivity contribution is 5.90. The molecule has 1 aliphatic heterocycles. The Labute approximate surface area is 216 Å². The molecule has 0 saturated carbocycles. The number of carbonyl (C=O) groups excluding carboxylic acids is 1. The maximum atomic E-state index is 12.6. The number of nitrogens with zero attached hydrogens (tertiary/aromatic N) is 3. The highest BCUT2D eigenvalue weighted by Crippen LogP contribution is 2.30. The topological polar surface area (TPSA) is 114 Å². The third-order valence-electron chi connectivity index (χ3n) is 6.20. The number of carboxylic acids is 1. The average Bonchev–Trinajstić information content (AvgIpc) is 2.89. The van der Waals surface area contributed by atoms with Crippen molar-refractivity contribution in [1.29, 1.82) is 0 Å². The molecule has 2 N–H and O–H groups in total. The number of benzene rings is 2. The van der Waals surface area contributed by atoms with E-state index in [0.29, 0.717) is 36.8 Å². The maximum Gasteiger partial charge on any atom is 0.335 e. The number of piperidine rings is 1. The smallest absolute Gasteiger partial charge is 0.335 e. The molecule has 1 aliphatic rings. The van der Waals surface area contributed by atoms with Gasteiger partial charge in [-0.05, 0) is 62.4 Å². The number of ether oxygens (including phenoxy) is 2. The minimum Gasteiger partial charge on any atom is -0.490 e. The monoisotopic (exact) mass is 504 g/mol. The SMILES string of the molecule is CCOc1ccccc1OC1CCCN(c2cncc(NC(=O)CCc3ccc(C(=O)O)c(C)c3)n2)C1. The lowest BCUT2D eigenvalue weighted by Gasteiger charge is -2.33. The van der Waals surface area contributed by atoms with Crippen molar-refractivity contribution in [2.75, 3.05) is 29.9 Å². The van der Waals surface area contributed by atoms with Gasteiger partial charge in [-0.3, -0.25) is 9.78 Å². The van der Waals surface area contributed by atoms with Crippen molar-refractivity contribution in [2.45, 2.75) is 45.6 Å². The van der Waals surface area contributed by atoms with Crippen LogP contribution in [0.15, 0.2) is 54.9 Å². The molecule has 1 amide bonds. The predicted molar refractivity (Wildman–Crippen MR) is 141 cm³/mol. The molecule has 4 rings (SSSR count). The van der Waals surface area contributed by atoms with Gasteiger partial charge in [0, 0.05) is 13.0 Å². The molecule has 2 aromatic carbocycles. The molecule has 3 aromatic rings. The molecule has 9 nitrogen and oxygen atoms in total. The van der Waals surface area contributed by atoms with E-state index in [1.807, 2.05) is 31.2 Å². The van der Waals surface area contributed by atoms with Crippen molar-refractivity contribution >= 4 is 23.5 Å². The normalized spacial score (nSPS) is 15.2. The summed E-state index contributed by atoms with van der Waals surface area (Å²) < 4.78 is 12.0. The molecule has 9 heteroatoms. The quantitative estimate of drug-likeness (QED) is 0.415. The Hall–Kier alpha value is -4.14. The van der Waals surface area contributed by atoms with Crippen LogP contribution in [0.25, 0.3) is 0 Å². The summed E-state index contributed by atoms with van der Waals surface area (Å²) in [6.45, 7) is 5.75. The van der Waals surface area contributed by atoms with Gasteiger partial charge in [-0.1, -0.05) is 24.3 Å². The first kappa shape index (κ1) is 25.9. The zero-order chi connectivity index (χ0) is 26.2. The minimum atomic E-state index is -0.956. The summed E-state index contributed by atoms with van der Waals surface area (Å²) in [7, 11) is 0. The Morgan fingerprint density at radius 3 is 2.73 bits per heavy atom. The zero-order valence-corrected chi connectivity index (χ0v) is 21.1. The fourth-order valence-corrected chi connectivity index (χ4v) is 4.40. The van der Waals surface area contributed by atoms with Crippen molar-refractivity contribution in [3.63, 3.8) is 0 Å². The summed E-state index contributed by atoms with van der Waals surface area (Å²) in [4.78, 5) is 34.8. The predicted octanol–water partition coefficient (Wildman–Crippen LogP) is 4.50. The Kier molecular flexibility index (Phi) is 8.56. The highest BCUT2D eigenvalue weighted by atomic mass is 16.5. The van der Waals surface area contributed by atoms with Gasteiger partial charge in [0.25, 0.3) is 0 Å². The van der Waals surface area contributed by atoms with Crippen LogP contribution >= 0.6 is 0 Å². The fourth-order valence-electron chi connectivity index (χ4n) is 4.40. The number of carboxylic acid groups (broad SMARTS) is 1. The Morgan fingerprint density at radius 1 is 1.16 bits per heavy atom. The van der Waals surface area contributed by atoms with Crippen molar-refractivity contribution in [1.82, 2.24) is 9.97 Å². The van der Waals surface area contributed by atoms with Gasteiger partial charge in [0.1, 0.15) is 11.9 Å². The lowest BCUT2D eigenvalue weighted by atomic mass is 10.0. The Morgan fingerprint density at radius 2 is 1.97 bits per heavy atom. The van der Waals surface area contributed by atoms with Gasteiger partial charge in [0.05, 0.1) is 31.1 Å². The van der Waals surface area contributed by atoms with Gasteiger partial charge < -0.3 is 24.8 Å². The first-order valence-corrected chi connectivity index (χ1v) is 12.5. The number of hydrogen-bond acceptors (Lipinski definition) is 7. The van der Waals surface area contributed by atoms with Crippen molar-refractivity contribution in [2.24, 2.45) is 0 Å². The van der Waals surface area contributed by atoms with E-state index >= 15 is 0 Å². The standard InChI is InChI=1S/C28H32N4O5/c1-3-36-23-8-4-5-9-24(23)37-21-7-6-14-32(18-21)26-17-29-16-25(30-26)31-27(33)13-11-20-10-12-22(28(34)35)19(2)15-20/h4-5,8-10,12,15-17,21H,3,6-7,11,13-14,18H2,1-2H3,(H,34,35)(H,30,31,33). The molecule has 0 radical (unpaired) electrons. The molecule has 0 spiro atoms. The van der Waals surface area contributed by atoms with Gasteiger partial charge in [0.2, 0.25) is 5.91 Å². The van der Waals surface area contributed by atoms with Crippen LogP contribution in [0.4, 0.5) is 11.6 Å². The Bertz CT molecular complexity index is 1250. The lowest BCUT2D eigenvalue weighted by Crippen LogP contribution is -2.41. The van der Waals surface area contributed by atoms with Gasteiger partial charge >= 0.3 is 5.97 Å². The number of amides is 1.